The Morgan fingerprint density at radius 1 is 1.53 bits per heavy atom. The van der Waals surface area contributed by atoms with Crippen LogP contribution in [0.1, 0.15) is 23.0 Å². The van der Waals surface area contributed by atoms with E-state index in [-0.39, 0.29) is 5.78 Å². The summed E-state index contributed by atoms with van der Waals surface area (Å²) in [5.74, 6) is 0.250. The molecule has 5 nitrogen and oxygen atoms in total. The number of benzene rings is 1. The van der Waals surface area contributed by atoms with E-state index in [9.17, 15) is 4.79 Å². The highest BCUT2D eigenvalue weighted by molar-refractivity contribution is 6.33. The van der Waals surface area contributed by atoms with Gasteiger partial charge in [0.05, 0.1) is 24.0 Å². The minimum absolute atomic E-state index is 0.195. The number of methoxy groups -OCH3 is 1. The number of carbonyl (C=O) groups is 1. The molecule has 2 N–H and O–H groups in total. The number of rotatable bonds is 4. The van der Waals surface area contributed by atoms with E-state index >= 15 is 0 Å². The molecule has 2 rings (SSSR count). The molecule has 19 heavy (non-hydrogen) atoms. The minimum Gasteiger partial charge on any atom is -0.493 e. The molecule has 0 fully saturated rings. The van der Waals surface area contributed by atoms with Crippen LogP contribution in [-0.4, -0.2) is 22.7 Å². The van der Waals surface area contributed by atoms with Gasteiger partial charge in [-0.15, -0.1) is 0 Å². The van der Waals surface area contributed by atoms with Crippen LogP contribution in [0, 0.1) is 0 Å². The number of aromatic nitrogens is 2. The van der Waals surface area contributed by atoms with Crippen LogP contribution >= 0.6 is 11.6 Å². The number of nitrogens with two attached hydrogens (primary N) is 1. The van der Waals surface area contributed by atoms with E-state index in [1.54, 1.807) is 22.9 Å². The molecule has 0 amide bonds. The number of anilines is 1. The van der Waals surface area contributed by atoms with Crippen molar-refractivity contribution in [3.05, 3.63) is 40.7 Å². The number of hydrogen-bond donors (Lipinski definition) is 1. The van der Waals surface area contributed by atoms with Gasteiger partial charge in [-0.3, -0.25) is 9.48 Å². The number of carbonyl (C=O) groups excluding carboxylic acids is 1. The predicted octanol–water partition coefficient (Wildman–Crippen LogP) is 2.38. The molecule has 1 aromatic heterocycles. The molecule has 0 saturated heterocycles. The molecule has 1 aromatic carbocycles. The summed E-state index contributed by atoms with van der Waals surface area (Å²) in [5, 5.41) is 4.53. The van der Waals surface area contributed by atoms with Crippen molar-refractivity contribution in [2.45, 2.75) is 13.5 Å². The standard InChI is InChI=1S/C13H14ClN3O2/c1-3-17-12(11(19-2)7-16-17)13(18)8-4-5-9(14)10(15)6-8/h4-7H,3,15H2,1-2H3. The Hall–Kier alpha value is -2.01. The predicted molar refractivity (Wildman–Crippen MR) is 73.7 cm³/mol. The second-order valence-electron chi connectivity index (χ2n) is 3.94. The van der Waals surface area contributed by atoms with Crippen LogP contribution in [-0.2, 0) is 6.54 Å². The van der Waals surface area contributed by atoms with Crippen LogP contribution < -0.4 is 10.5 Å². The zero-order chi connectivity index (χ0) is 14.0. The van der Waals surface area contributed by atoms with Gasteiger partial charge in [0.2, 0.25) is 5.78 Å². The summed E-state index contributed by atoms with van der Waals surface area (Å²) in [4.78, 5) is 12.5. The maximum absolute atomic E-state index is 12.5. The van der Waals surface area contributed by atoms with Gasteiger partial charge in [-0.1, -0.05) is 11.6 Å². The summed E-state index contributed by atoms with van der Waals surface area (Å²) >= 11 is 5.85. The topological polar surface area (TPSA) is 70.1 Å². The first kappa shape index (κ1) is 13.4. The fourth-order valence-corrected chi connectivity index (χ4v) is 1.93. The normalized spacial score (nSPS) is 10.5. The van der Waals surface area contributed by atoms with Crippen LogP contribution in [0.25, 0.3) is 0 Å². The van der Waals surface area contributed by atoms with Crippen molar-refractivity contribution in [3.63, 3.8) is 0 Å². The minimum atomic E-state index is -0.195. The molecule has 0 atom stereocenters. The summed E-state index contributed by atoms with van der Waals surface area (Å²) in [5.41, 5.74) is 6.95. The number of aryl methyl sites for hydroxylation is 1. The van der Waals surface area contributed by atoms with Crippen LogP contribution in [0.3, 0.4) is 0 Å². The maximum Gasteiger partial charge on any atom is 0.214 e. The van der Waals surface area contributed by atoms with Crippen LogP contribution in [0.15, 0.2) is 24.4 Å². The largest absolute Gasteiger partial charge is 0.493 e. The number of halogens is 1. The quantitative estimate of drug-likeness (QED) is 0.689. The smallest absolute Gasteiger partial charge is 0.214 e. The van der Waals surface area contributed by atoms with E-state index in [4.69, 9.17) is 22.1 Å². The van der Waals surface area contributed by atoms with Crippen molar-refractivity contribution in [1.82, 2.24) is 9.78 Å². The maximum atomic E-state index is 12.5. The molecule has 6 heteroatoms. The summed E-state index contributed by atoms with van der Waals surface area (Å²) in [6, 6.07) is 4.79. The molecule has 0 aliphatic carbocycles. The molecule has 0 radical (unpaired) electrons. The van der Waals surface area contributed by atoms with Crippen molar-refractivity contribution < 1.29 is 9.53 Å². The number of ether oxygens (including phenoxy) is 1. The lowest BCUT2D eigenvalue weighted by atomic mass is 10.1. The van der Waals surface area contributed by atoms with Crippen LogP contribution in [0.2, 0.25) is 5.02 Å². The van der Waals surface area contributed by atoms with Gasteiger partial charge in [-0.2, -0.15) is 5.10 Å². The molecule has 0 unspecified atom stereocenters. The number of ketones is 1. The average Bonchev–Trinajstić information content (AvgIpc) is 2.83. The van der Waals surface area contributed by atoms with Gasteiger partial charge >= 0.3 is 0 Å². The fraction of sp³-hybridized carbons (Fsp3) is 0.231. The highest BCUT2D eigenvalue weighted by Gasteiger charge is 2.20. The van der Waals surface area contributed by atoms with E-state index in [1.807, 2.05) is 6.92 Å². The lowest BCUT2D eigenvalue weighted by Crippen LogP contribution is -2.12. The lowest BCUT2D eigenvalue weighted by Gasteiger charge is -2.07. The molecule has 1 heterocycles. The lowest BCUT2D eigenvalue weighted by molar-refractivity contribution is 0.102. The molecule has 0 spiro atoms. The van der Waals surface area contributed by atoms with E-state index in [2.05, 4.69) is 5.10 Å². The second kappa shape index (κ2) is 5.32. The Morgan fingerprint density at radius 3 is 2.84 bits per heavy atom. The molecule has 0 saturated carbocycles. The number of nitrogen functional groups attached to an aromatic ring is 1. The molecular weight excluding hydrogens is 266 g/mol. The second-order valence-corrected chi connectivity index (χ2v) is 4.35. The van der Waals surface area contributed by atoms with Crippen molar-refractivity contribution in [1.29, 1.82) is 0 Å². The van der Waals surface area contributed by atoms with Gasteiger partial charge in [-0.05, 0) is 25.1 Å². The molecule has 0 aliphatic heterocycles. The Labute approximate surface area is 115 Å². The van der Waals surface area contributed by atoms with Gasteiger partial charge in [0.25, 0.3) is 0 Å². The number of hydrogen-bond acceptors (Lipinski definition) is 4. The molecule has 0 bridgehead atoms. The summed E-state index contributed by atoms with van der Waals surface area (Å²) in [6.07, 6.45) is 1.52. The summed E-state index contributed by atoms with van der Waals surface area (Å²) in [7, 11) is 1.50. The van der Waals surface area contributed by atoms with E-state index < -0.39 is 0 Å². The highest BCUT2D eigenvalue weighted by atomic mass is 35.5. The van der Waals surface area contributed by atoms with E-state index in [0.717, 1.165) is 0 Å². The third-order valence-corrected chi connectivity index (χ3v) is 3.14. The summed E-state index contributed by atoms with van der Waals surface area (Å²) < 4.78 is 6.75. The first-order valence-corrected chi connectivity index (χ1v) is 6.15. The Morgan fingerprint density at radius 2 is 2.26 bits per heavy atom. The van der Waals surface area contributed by atoms with Crippen LogP contribution in [0.5, 0.6) is 5.75 Å². The average molecular weight is 280 g/mol. The fourth-order valence-electron chi connectivity index (χ4n) is 1.81. The van der Waals surface area contributed by atoms with E-state index in [0.29, 0.717) is 34.3 Å². The third-order valence-electron chi connectivity index (χ3n) is 2.80. The van der Waals surface area contributed by atoms with Crippen molar-refractivity contribution in [2.24, 2.45) is 0 Å². The Kier molecular flexibility index (Phi) is 3.76. The molecular formula is C13H14ClN3O2. The van der Waals surface area contributed by atoms with Crippen molar-refractivity contribution in [2.75, 3.05) is 12.8 Å². The Balaban J connectivity index is 2.49. The molecule has 100 valence electrons. The SMILES string of the molecule is CCn1ncc(OC)c1C(=O)c1ccc(Cl)c(N)c1. The van der Waals surface area contributed by atoms with Crippen molar-refractivity contribution >= 4 is 23.1 Å². The van der Waals surface area contributed by atoms with Gasteiger partial charge in [0.15, 0.2) is 11.4 Å². The first-order chi connectivity index (χ1) is 9.08. The van der Waals surface area contributed by atoms with Gasteiger partial charge in [0.1, 0.15) is 0 Å². The summed E-state index contributed by atoms with van der Waals surface area (Å²) in [6.45, 7) is 2.48. The molecule has 0 aliphatic rings. The first-order valence-electron chi connectivity index (χ1n) is 5.78. The number of nitrogens with zero attached hydrogens (tertiary/aromatic N) is 2. The van der Waals surface area contributed by atoms with E-state index in [1.165, 1.54) is 13.3 Å². The van der Waals surface area contributed by atoms with Gasteiger partial charge < -0.3 is 10.5 Å². The van der Waals surface area contributed by atoms with Gasteiger partial charge in [0, 0.05) is 12.1 Å². The van der Waals surface area contributed by atoms with Crippen LogP contribution in [0.4, 0.5) is 5.69 Å². The zero-order valence-corrected chi connectivity index (χ0v) is 11.4. The van der Waals surface area contributed by atoms with Gasteiger partial charge in [-0.25, -0.2) is 0 Å². The Bertz CT molecular complexity index is 601. The molecule has 2 aromatic rings. The highest BCUT2D eigenvalue weighted by Crippen LogP contribution is 2.25. The monoisotopic (exact) mass is 279 g/mol. The zero-order valence-electron chi connectivity index (χ0n) is 10.7. The van der Waals surface area contributed by atoms with Crippen molar-refractivity contribution in [3.8, 4) is 5.75 Å². The third kappa shape index (κ3) is 2.42.